The summed E-state index contributed by atoms with van der Waals surface area (Å²) in [5.74, 6) is 1.65. The highest BCUT2D eigenvalue weighted by molar-refractivity contribution is 7.80. The lowest BCUT2D eigenvalue weighted by Crippen LogP contribution is -2.15. The molecule has 0 amide bonds. The predicted octanol–water partition coefficient (Wildman–Crippen LogP) is 2.51. The van der Waals surface area contributed by atoms with E-state index in [9.17, 15) is 0 Å². The van der Waals surface area contributed by atoms with Crippen LogP contribution in [0.25, 0.3) is 0 Å². The summed E-state index contributed by atoms with van der Waals surface area (Å²) >= 11 is 5.05. The minimum atomic E-state index is 0.358. The molecule has 0 radical (unpaired) electrons. The summed E-state index contributed by atoms with van der Waals surface area (Å²) in [6, 6.07) is 1.91. The Morgan fingerprint density at radius 1 is 1.53 bits per heavy atom. The summed E-state index contributed by atoms with van der Waals surface area (Å²) in [5.41, 5.74) is 8.28. The van der Waals surface area contributed by atoms with Gasteiger partial charge in [-0.3, -0.25) is 4.98 Å². The van der Waals surface area contributed by atoms with Crippen LogP contribution in [0.15, 0.2) is 6.07 Å². The van der Waals surface area contributed by atoms with E-state index in [4.69, 9.17) is 22.7 Å². The van der Waals surface area contributed by atoms with E-state index in [0.717, 1.165) is 41.6 Å². The Balaban J connectivity index is 2.14. The van der Waals surface area contributed by atoms with Crippen molar-refractivity contribution in [3.63, 3.8) is 0 Å². The SMILES string of the molecule is Cc1cc(OCCC2CC2)c(C(N)=S)c(C)n1. The molecule has 2 N–H and O–H groups in total. The molecule has 1 aliphatic rings. The minimum Gasteiger partial charge on any atom is -0.493 e. The van der Waals surface area contributed by atoms with Gasteiger partial charge in [-0.15, -0.1) is 0 Å². The summed E-state index contributed by atoms with van der Waals surface area (Å²) in [5, 5.41) is 0. The zero-order valence-corrected chi connectivity index (χ0v) is 11.1. The fourth-order valence-electron chi connectivity index (χ4n) is 1.95. The number of aryl methyl sites for hydroxylation is 2. The molecule has 1 aromatic heterocycles. The zero-order valence-electron chi connectivity index (χ0n) is 10.3. The van der Waals surface area contributed by atoms with E-state index >= 15 is 0 Å². The fourth-order valence-corrected chi connectivity index (χ4v) is 2.20. The maximum Gasteiger partial charge on any atom is 0.133 e. The first kappa shape index (κ1) is 12.3. The van der Waals surface area contributed by atoms with Crippen LogP contribution in [-0.2, 0) is 0 Å². The molecule has 0 atom stereocenters. The van der Waals surface area contributed by atoms with Crippen molar-refractivity contribution in [1.82, 2.24) is 4.98 Å². The van der Waals surface area contributed by atoms with Gasteiger partial charge in [0.2, 0.25) is 0 Å². The third-order valence-electron chi connectivity index (χ3n) is 3.02. The molecule has 1 aliphatic carbocycles. The third kappa shape index (κ3) is 3.16. The van der Waals surface area contributed by atoms with Crippen LogP contribution >= 0.6 is 12.2 Å². The summed E-state index contributed by atoms with van der Waals surface area (Å²) in [7, 11) is 0. The molecule has 1 heterocycles. The molecule has 0 unspecified atom stereocenters. The van der Waals surface area contributed by atoms with Gasteiger partial charge in [0.1, 0.15) is 10.7 Å². The van der Waals surface area contributed by atoms with Crippen molar-refractivity contribution in [1.29, 1.82) is 0 Å². The predicted molar refractivity (Wildman–Crippen MR) is 72.4 cm³/mol. The summed E-state index contributed by atoms with van der Waals surface area (Å²) in [6.45, 7) is 4.60. The highest BCUT2D eigenvalue weighted by Crippen LogP contribution is 2.32. The highest BCUT2D eigenvalue weighted by atomic mass is 32.1. The fraction of sp³-hybridized carbons (Fsp3) is 0.538. The molecule has 4 heteroatoms. The lowest BCUT2D eigenvalue weighted by molar-refractivity contribution is 0.301. The molecule has 0 spiro atoms. The number of hydrogen-bond donors (Lipinski definition) is 1. The number of rotatable bonds is 5. The first-order valence-electron chi connectivity index (χ1n) is 5.98. The van der Waals surface area contributed by atoms with Gasteiger partial charge in [0.25, 0.3) is 0 Å². The van der Waals surface area contributed by atoms with Crippen molar-refractivity contribution in [2.75, 3.05) is 6.61 Å². The van der Waals surface area contributed by atoms with Crippen LogP contribution in [-0.4, -0.2) is 16.6 Å². The molecule has 2 rings (SSSR count). The molecule has 92 valence electrons. The molecule has 1 aromatic rings. The number of nitrogens with zero attached hydrogens (tertiary/aromatic N) is 1. The van der Waals surface area contributed by atoms with Crippen LogP contribution in [0, 0.1) is 19.8 Å². The van der Waals surface area contributed by atoms with E-state index in [0.29, 0.717) is 4.99 Å². The zero-order chi connectivity index (χ0) is 12.4. The van der Waals surface area contributed by atoms with E-state index < -0.39 is 0 Å². The molecule has 0 aliphatic heterocycles. The van der Waals surface area contributed by atoms with Crippen LogP contribution < -0.4 is 10.5 Å². The number of nitrogens with two attached hydrogens (primary N) is 1. The standard InChI is InChI=1S/C13H18N2OS/c1-8-7-11(16-6-5-10-3-4-10)12(13(14)17)9(2)15-8/h7,10H,3-6H2,1-2H3,(H2,14,17). The van der Waals surface area contributed by atoms with E-state index in [1.165, 1.54) is 12.8 Å². The van der Waals surface area contributed by atoms with Gasteiger partial charge in [0, 0.05) is 11.8 Å². The Morgan fingerprint density at radius 2 is 2.24 bits per heavy atom. The summed E-state index contributed by atoms with van der Waals surface area (Å²) in [4.78, 5) is 4.72. The quantitative estimate of drug-likeness (QED) is 0.816. The van der Waals surface area contributed by atoms with Gasteiger partial charge in [-0.05, 0) is 26.2 Å². The first-order chi connectivity index (χ1) is 8.08. The molecule has 0 bridgehead atoms. The van der Waals surface area contributed by atoms with E-state index in [2.05, 4.69) is 4.98 Å². The van der Waals surface area contributed by atoms with Gasteiger partial charge >= 0.3 is 0 Å². The highest BCUT2D eigenvalue weighted by Gasteiger charge is 2.21. The Morgan fingerprint density at radius 3 is 2.82 bits per heavy atom. The number of ether oxygens (including phenoxy) is 1. The second-order valence-electron chi connectivity index (χ2n) is 4.67. The molecule has 0 saturated heterocycles. The van der Waals surface area contributed by atoms with Crippen LogP contribution in [0.3, 0.4) is 0 Å². The molecule has 3 nitrogen and oxygen atoms in total. The second-order valence-corrected chi connectivity index (χ2v) is 5.11. The lowest BCUT2D eigenvalue weighted by atomic mass is 10.1. The lowest BCUT2D eigenvalue weighted by Gasteiger charge is -2.13. The van der Waals surface area contributed by atoms with Crippen molar-refractivity contribution in [3.05, 3.63) is 23.0 Å². The van der Waals surface area contributed by atoms with Crippen LogP contribution in [0.4, 0.5) is 0 Å². The first-order valence-corrected chi connectivity index (χ1v) is 6.39. The van der Waals surface area contributed by atoms with Crippen molar-refractivity contribution < 1.29 is 4.74 Å². The molecule has 0 aromatic carbocycles. The van der Waals surface area contributed by atoms with Crippen molar-refractivity contribution in [3.8, 4) is 5.75 Å². The Labute approximate surface area is 107 Å². The molecular formula is C13H18N2OS. The van der Waals surface area contributed by atoms with Gasteiger partial charge in [-0.25, -0.2) is 0 Å². The van der Waals surface area contributed by atoms with E-state index in [-0.39, 0.29) is 0 Å². The normalized spacial score (nSPS) is 14.7. The average molecular weight is 250 g/mol. The maximum atomic E-state index is 5.80. The third-order valence-corrected chi connectivity index (χ3v) is 3.22. The Hall–Kier alpha value is -1.16. The molecule has 1 fully saturated rings. The molecule has 1 saturated carbocycles. The Bertz CT molecular complexity index is 441. The minimum absolute atomic E-state index is 0.358. The topological polar surface area (TPSA) is 48.1 Å². The second kappa shape index (κ2) is 5.00. The van der Waals surface area contributed by atoms with Crippen molar-refractivity contribution in [2.24, 2.45) is 11.7 Å². The smallest absolute Gasteiger partial charge is 0.133 e. The number of pyridine rings is 1. The van der Waals surface area contributed by atoms with Crippen LogP contribution in [0.5, 0.6) is 5.75 Å². The largest absolute Gasteiger partial charge is 0.493 e. The van der Waals surface area contributed by atoms with Crippen molar-refractivity contribution >= 4 is 17.2 Å². The van der Waals surface area contributed by atoms with Gasteiger partial charge in [0.15, 0.2) is 0 Å². The van der Waals surface area contributed by atoms with Gasteiger partial charge in [-0.1, -0.05) is 25.1 Å². The van der Waals surface area contributed by atoms with Gasteiger partial charge < -0.3 is 10.5 Å². The van der Waals surface area contributed by atoms with E-state index in [1.54, 1.807) is 0 Å². The van der Waals surface area contributed by atoms with E-state index in [1.807, 2.05) is 19.9 Å². The number of thiocarbonyl (C=S) groups is 1. The Kier molecular flexibility index (Phi) is 3.62. The molecule has 17 heavy (non-hydrogen) atoms. The maximum absolute atomic E-state index is 5.80. The summed E-state index contributed by atoms with van der Waals surface area (Å²) < 4.78 is 5.80. The summed E-state index contributed by atoms with van der Waals surface area (Å²) in [6.07, 6.45) is 3.82. The number of hydrogen-bond acceptors (Lipinski definition) is 3. The van der Waals surface area contributed by atoms with Gasteiger partial charge in [0.05, 0.1) is 17.9 Å². The number of aromatic nitrogens is 1. The van der Waals surface area contributed by atoms with Crippen LogP contribution in [0.2, 0.25) is 0 Å². The average Bonchev–Trinajstić information content (AvgIpc) is 2.99. The van der Waals surface area contributed by atoms with Crippen LogP contribution in [0.1, 0.15) is 36.2 Å². The monoisotopic (exact) mass is 250 g/mol. The van der Waals surface area contributed by atoms with Gasteiger partial charge in [-0.2, -0.15) is 0 Å². The van der Waals surface area contributed by atoms with Crippen molar-refractivity contribution in [2.45, 2.75) is 33.1 Å². The molecular weight excluding hydrogens is 232 g/mol.